The Morgan fingerprint density at radius 3 is 2.10 bits per heavy atom. The van der Waals surface area contributed by atoms with E-state index in [1.165, 1.54) is 6.42 Å². The molecular weight excluding hydrogens is 376 g/mol. The van der Waals surface area contributed by atoms with Crippen LogP contribution in [0.3, 0.4) is 0 Å². The van der Waals surface area contributed by atoms with Crippen molar-refractivity contribution in [1.29, 1.82) is 0 Å². The third-order valence-corrected chi connectivity index (χ3v) is 4.45. The summed E-state index contributed by atoms with van der Waals surface area (Å²) in [7, 11) is 0. The number of aromatic nitrogens is 2. The Bertz CT molecular complexity index is 699. The third kappa shape index (κ3) is 9.88. The first-order valence-electron chi connectivity index (χ1n) is 11.2. The highest BCUT2D eigenvalue weighted by atomic mass is 16.5. The standard InChI is InChI=1S/C25H36N2O3/c1-3-5-6-7-8-9-18-30-24-20-26-25(27-21-24)22-12-14-23(15-13-22)29-19-11-10-17-28-16-4-2/h6-7,12-15,20-21H,3-5,8-11,16-19H2,1-2H3. The van der Waals surface area contributed by atoms with Gasteiger partial charge < -0.3 is 14.2 Å². The summed E-state index contributed by atoms with van der Waals surface area (Å²) < 4.78 is 17.0. The van der Waals surface area contributed by atoms with E-state index in [1.807, 2.05) is 24.3 Å². The first-order valence-corrected chi connectivity index (χ1v) is 11.2. The molecule has 1 aromatic carbocycles. The Morgan fingerprint density at radius 2 is 1.37 bits per heavy atom. The first-order chi connectivity index (χ1) is 14.8. The molecule has 1 heterocycles. The number of benzene rings is 1. The van der Waals surface area contributed by atoms with Gasteiger partial charge in [0, 0.05) is 18.8 Å². The van der Waals surface area contributed by atoms with Gasteiger partial charge in [0.25, 0.3) is 0 Å². The van der Waals surface area contributed by atoms with Gasteiger partial charge in [-0.1, -0.05) is 32.4 Å². The van der Waals surface area contributed by atoms with E-state index in [-0.39, 0.29) is 0 Å². The summed E-state index contributed by atoms with van der Waals surface area (Å²) >= 11 is 0. The van der Waals surface area contributed by atoms with Crippen molar-refractivity contribution in [1.82, 2.24) is 9.97 Å². The number of unbranched alkanes of at least 4 members (excludes halogenated alkanes) is 3. The summed E-state index contributed by atoms with van der Waals surface area (Å²) in [5.41, 5.74) is 0.961. The number of nitrogens with zero attached hydrogens (tertiary/aromatic N) is 2. The van der Waals surface area contributed by atoms with Gasteiger partial charge in [-0.3, -0.25) is 0 Å². The Labute approximate surface area is 181 Å². The molecule has 0 fully saturated rings. The molecule has 0 saturated heterocycles. The van der Waals surface area contributed by atoms with E-state index in [0.717, 1.165) is 63.1 Å². The van der Waals surface area contributed by atoms with Crippen LogP contribution in [0.5, 0.6) is 11.5 Å². The lowest BCUT2D eigenvalue weighted by Gasteiger charge is -2.08. The van der Waals surface area contributed by atoms with E-state index < -0.39 is 0 Å². The van der Waals surface area contributed by atoms with Gasteiger partial charge in [-0.15, -0.1) is 0 Å². The summed E-state index contributed by atoms with van der Waals surface area (Å²) in [6.45, 7) is 7.33. The summed E-state index contributed by atoms with van der Waals surface area (Å²) in [5, 5.41) is 0. The minimum atomic E-state index is 0.677. The van der Waals surface area contributed by atoms with Crippen molar-refractivity contribution in [2.75, 3.05) is 26.4 Å². The van der Waals surface area contributed by atoms with Gasteiger partial charge in [-0.25, -0.2) is 9.97 Å². The van der Waals surface area contributed by atoms with Crippen LogP contribution in [0.4, 0.5) is 0 Å². The van der Waals surface area contributed by atoms with Crippen molar-refractivity contribution in [3.8, 4) is 22.9 Å². The van der Waals surface area contributed by atoms with Crippen LogP contribution in [-0.2, 0) is 4.74 Å². The molecule has 0 aliphatic rings. The number of ether oxygens (including phenoxy) is 3. The molecule has 164 valence electrons. The van der Waals surface area contributed by atoms with Crippen LogP contribution in [-0.4, -0.2) is 36.4 Å². The average molecular weight is 413 g/mol. The Kier molecular flexibility index (Phi) is 12.3. The van der Waals surface area contributed by atoms with Gasteiger partial charge >= 0.3 is 0 Å². The normalized spacial score (nSPS) is 11.1. The highest BCUT2D eigenvalue weighted by Crippen LogP contribution is 2.20. The smallest absolute Gasteiger partial charge is 0.159 e. The lowest BCUT2D eigenvalue weighted by Crippen LogP contribution is -2.01. The highest BCUT2D eigenvalue weighted by Gasteiger charge is 2.03. The van der Waals surface area contributed by atoms with E-state index in [4.69, 9.17) is 14.2 Å². The van der Waals surface area contributed by atoms with Crippen LogP contribution >= 0.6 is 0 Å². The van der Waals surface area contributed by atoms with Crippen molar-refractivity contribution in [3.05, 3.63) is 48.8 Å². The molecule has 0 radical (unpaired) electrons. The molecule has 0 bridgehead atoms. The van der Waals surface area contributed by atoms with Crippen LogP contribution in [0.1, 0.15) is 58.8 Å². The molecule has 1 aromatic heterocycles. The van der Waals surface area contributed by atoms with E-state index >= 15 is 0 Å². The number of hydrogen-bond acceptors (Lipinski definition) is 5. The molecule has 5 nitrogen and oxygen atoms in total. The zero-order valence-corrected chi connectivity index (χ0v) is 18.5. The topological polar surface area (TPSA) is 53.5 Å². The summed E-state index contributed by atoms with van der Waals surface area (Å²) in [6, 6.07) is 7.89. The predicted molar refractivity (Wildman–Crippen MR) is 122 cm³/mol. The fourth-order valence-electron chi connectivity index (χ4n) is 2.78. The van der Waals surface area contributed by atoms with Gasteiger partial charge in [0.1, 0.15) is 5.75 Å². The molecule has 2 aromatic rings. The number of hydrogen-bond donors (Lipinski definition) is 0. The summed E-state index contributed by atoms with van der Waals surface area (Å²) in [6.07, 6.45) is 15.4. The van der Waals surface area contributed by atoms with Gasteiger partial charge in [-0.05, 0) is 62.8 Å². The van der Waals surface area contributed by atoms with Gasteiger partial charge in [-0.2, -0.15) is 0 Å². The molecular formula is C25H36N2O3. The van der Waals surface area contributed by atoms with E-state index in [2.05, 4.69) is 36.0 Å². The second-order valence-electron chi connectivity index (χ2n) is 7.19. The maximum absolute atomic E-state index is 5.79. The van der Waals surface area contributed by atoms with Crippen molar-refractivity contribution in [2.24, 2.45) is 0 Å². The zero-order chi connectivity index (χ0) is 21.3. The quantitative estimate of drug-likeness (QED) is 0.241. The Balaban J connectivity index is 1.68. The molecule has 0 spiro atoms. The molecule has 0 atom stereocenters. The molecule has 2 rings (SSSR count). The third-order valence-electron chi connectivity index (χ3n) is 4.45. The fraction of sp³-hybridized carbons (Fsp3) is 0.520. The molecule has 5 heteroatoms. The largest absolute Gasteiger partial charge is 0.494 e. The molecule has 0 saturated carbocycles. The number of rotatable bonds is 16. The first kappa shape index (κ1) is 23.9. The average Bonchev–Trinajstić information content (AvgIpc) is 2.79. The second kappa shape index (κ2) is 15.4. The van der Waals surface area contributed by atoms with Crippen LogP contribution in [0.15, 0.2) is 48.8 Å². The van der Waals surface area contributed by atoms with Crippen LogP contribution in [0.25, 0.3) is 11.4 Å². The highest BCUT2D eigenvalue weighted by molar-refractivity contribution is 5.56. The van der Waals surface area contributed by atoms with Gasteiger partial charge in [0.2, 0.25) is 0 Å². The molecule has 0 unspecified atom stereocenters. The molecule has 0 N–H and O–H groups in total. The number of allylic oxidation sites excluding steroid dienone is 2. The van der Waals surface area contributed by atoms with Gasteiger partial charge in [0.05, 0.1) is 25.6 Å². The molecule has 30 heavy (non-hydrogen) atoms. The van der Waals surface area contributed by atoms with Crippen molar-refractivity contribution >= 4 is 0 Å². The Hall–Kier alpha value is -2.40. The maximum atomic E-state index is 5.79. The molecule has 0 amide bonds. The van der Waals surface area contributed by atoms with Crippen molar-refractivity contribution in [3.63, 3.8) is 0 Å². The lowest BCUT2D eigenvalue weighted by atomic mass is 10.2. The predicted octanol–water partition coefficient (Wildman–Crippen LogP) is 6.24. The summed E-state index contributed by atoms with van der Waals surface area (Å²) in [4.78, 5) is 8.85. The van der Waals surface area contributed by atoms with Crippen LogP contribution in [0, 0.1) is 0 Å². The van der Waals surface area contributed by atoms with Crippen molar-refractivity contribution < 1.29 is 14.2 Å². The fourth-order valence-corrected chi connectivity index (χ4v) is 2.78. The molecule has 0 aliphatic carbocycles. The summed E-state index contributed by atoms with van der Waals surface area (Å²) in [5.74, 6) is 2.25. The minimum absolute atomic E-state index is 0.677. The maximum Gasteiger partial charge on any atom is 0.159 e. The minimum Gasteiger partial charge on any atom is -0.494 e. The Morgan fingerprint density at radius 1 is 0.700 bits per heavy atom. The lowest BCUT2D eigenvalue weighted by molar-refractivity contribution is 0.127. The zero-order valence-electron chi connectivity index (χ0n) is 18.5. The van der Waals surface area contributed by atoms with Crippen LogP contribution < -0.4 is 9.47 Å². The van der Waals surface area contributed by atoms with E-state index in [9.17, 15) is 0 Å². The van der Waals surface area contributed by atoms with Crippen molar-refractivity contribution in [2.45, 2.75) is 58.8 Å². The van der Waals surface area contributed by atoms with Gasteiger partial charge in [0.15, 0.2) is 11.6 Å². The monoisotopic (exact) mass is 412 g/mol. The van der Waals surface area contributed by atoms with E-state index in [1.54, 1.807) is 12.4 Å². The van der Waals surface area contributed by atoms with Crippen LogP contribution in [0.2, 0.25) is 0 Å². The SMILES string of the molecule is CCCC=CCCCOc1cnc(-c2ccc(OCCCCOCCC)cc2)nc1. The molecule has 0 aliphatic heterocycles. The van der Waals surface area contributed by atoms with E-state index in [0.29, 0.717) is 24.8 Å². The second-order valence-corrected chi connectivity index (χ2v) is 7.19.